The number of hydrogen-bond donors (Lipinski definition) is 2. The minimum atomic E-state index is 0.822. The summed E-state index contributed by atoms with van der Waals surface area (Å²) < 4.78 is 7.06. The second-order valence-corrected chi connectivity index (χ2v) is 7.41. The van der Waals surface area contributed by atoms with E-state index in [-0.39, 0.29) is 0 Å². The van der Waals surface area contributed by atoms with Crippen molar-refractivity contribution in [3.8, 4) is 5.75 Å². The van der Waals surface area contributed by atoms with Gasteiger partial charge in [0.1, 0.15) is 31.9 Å². The molecule has 0 aliphatic carbocycles. The Morgan fingerprint density at radius 1 is 1.05 bits per heavy atom. The fraction of sp³-hybridized carbons (Fsp3) is 0.667. The number of nitrogens with one attached hydrogen (secondary N) is 2. The van der Waals surface area contributed by atoms with Crippen LogP contribution >= 0.6 is 15.9 Å². The zero-order valence-corrected chi connectivity index (χ0v) is 15.9. The van der Waals surface area contributed by atoms with Gasteiger partial charge in [0.15, 0.2) is 0 Å². The largest absolute Gasteiger partial charge is 0.492 e. The molecule has 1 heterocycles. The van der Waals surface area contributed by atoms with Crippen LogP contribution < -0.4 is 14.5 Å². The van der Waals surface area contributed by atoms with Crippen LogP contribution in [0.5, 0.6) is 5.75 Å². The highest BCUT2D eigenvalue weighted by Gasteiger charge is 2.20. The molecule has 1 aliphatic heterocycles. The van der Waals surface area contributed by atoms with Crippen molar-refractivity contribution < 1.29 is 14.5 Å². The molecule has 0 saturated carbocycles. The first kappa shape index (κ1) is 17.8. The Bertz CT molecular complexity index is 447. The highest BCUT2D eigenvalue weighted by atomic mass is 79.9. The summed E-state index contributed by atoms with van der Waals surface area (Å²) in [5, 5.41) is 0. The third kappa shape index (κ3) is 5.25. The molecule has 2 rings (SSSR count). The number of unbranched alkanes of at least 4 members (excludes halogenated alkanes) is 1. The maximum absolute atomic E-state index is 5.99. The summed E-state index contributed by atoms with van der Waals surface area (Å²) in [6.07, 6.45) is 2.41. The number of rotatable bonds is 7. The topological polar surface area (TPSA) is 18.1 Å². The maximum atomic E-state index is 5.99. The zero-order chi connectivity index (χ0) is 15.9. The third-order valence-electron chi connectivity index (χ3n) is 4.71. The van der Waals surface area contributed by atoms with Crippen LogP contribution in [-0.4, -0.2) is 45.9 Å². The van der Waals surface area contributed by atoms with Crippen LogP contribution in [0.3, 0.4) is 0 Å². The molecule has 0 unspecified atom stereocenters. The minimum Gasteiger partial charge on any atom is -0.492 e. The second kappa shape index (κ2) is 8.90. The second-order valence-electron chi connectivity index (χ2n) is 6.55. The van der Waals surface area contributed by atoms with Gasteiger partial charge in [-0.25, -0.2) is 0 Å². The predicted octanol–water partition coefficient (Wildman–Crippen LogP) is 1.03. The summed E-state index contributed by atoms with van der Waals surface area (Å²) in [5.74, 6) is 1.01. The minimum absolute atomic E-state index is 0.822. The molecule has 1 aromatic carbocycles. The molecular weight excluding hydrogens is 340 g/mol. The van der Waals surface area contributed by atoms with E-state index >= 15 is 0 Å². The van der Waals surface area contributed by atoms with Crippen molar-refractivity contribution in [2.75, 3.05) is 45.9 Å². The lowest BCUT2D eigenvalue weighted by Gasteiger charge is -2.28. The van der Waals surface area contributed by atoms with E-state index in [0.29, 0.717) is 0 Å². The number of halogens is 1. The van der Waals surface area contributed by atoms with Gasteiger partial charge in [0, 0.05) is 0 Å². The van der Waals surface area contributed by atoms with Crippen molar-refractivity contribution >= 4 is 15.9 Å². The van der Waals surface area contributed by atoms with Crippen LogP contribution in [0.2, 0.25) is 0 Å². The smallest absolute Gasteiger partial charge is 0.136 e. The molecule has 1 aliphatic rings. The lowest BCUT2D eigenvalue weighted by molar-refractivity contribution is -1.01. The van der Waals surface area contributed by atoms with Crippen molar-refractivity contribution in [3.05, 3.63) is 27.7 Å². The summed E-state index contributed by atoms with van der Waals surface area (Å²) in [7, 11) is 0. The van der Waals surface area contributed by atoms with Gasteiger partial charge in [-0.2, -0.15) is 0 Å². The van der Waals surface area contributed by atoms with E-state index in [0.717, 1.165) is 23.2 Å². The maximum Gasteiger partial charge on any atom is 0.136 e. The van der Waals surface area contributed by atoms with Gasteiger partial charge in [0.25, 0.3) is 0 Å². The van der Waals surface area contributed by atoms with Crippen LogP contribution in [0.15, 0.2) is 16.6 Å². The molecular formula is C18H31BrN2O+2. The van der Waals surface area contributed by atoms with Crippen LogP contribution in [0.4, 0.5) is 0 Å². The molecule has 0 aromatic heterocycles. The summed E-state index contributed by atoms with van der Waals surface area (Å²) >= 11 is 3.61. The monoisotopic (exact) mass is 370 g/mol. The Balaban J connectivity index is 1.64. The lowest BCUT2D eigenvalue weighted by atomic mass is 10.1. The molecule has 0 radical (unpaired) electrons. The molecule has 2 N–H and O–H groups in total. The Kier molecular flexibility index (Phi) is 7.19. The molecule has 1 saturated heterocycles. The van der Waals surface area contributed by atoms with E-state index in [2.05, 4.69) is 48.8 Å². The van der Waals surface area contributed by atoms with Crippen LogP contribution in [0.1, 0.15) is 30.9 Å². The molecule has 124 valence electrons. The fourth-order valence-corrected chi connectivity index (χ4v) is 4.09. The van der Waals surface area contributed by atoms with Gasteiger partial charge in [-0.15, -0.1) is 0 Å². The summed E-state index contributed by atoms with van der Waals surface area (Å²) in [5.41, 5.74) is 2.49. The highest BCUT2D eigenvalue weighted by Crippen LogP contribution is 2.30. The van der Waals surface area contributed by atoms with Gasteiger partial charge < -0.3 is 14.5 Å². The third-order valence-corrected chi connectivity index (χ3v) is 5.30. The van der Waals surface area contributed by atoms with Crippen molar-refractivity contribution in [1.82, 2.24) is 0 Å². The first-order chi connectivity index (χ1) is 10.6. The summed E-state index contributed by atoms with van der Waals surface area (Å²) in [6, 6.07) is 4.31. The number of benzene rings is 1. The Morgan fingerprint density at radius 2 is 1.73 bits per heavy atom. The lowest BCUT2D eigenvalue weighted by Crippen LogP contribution is -3.28. The number of quaternary nitrogens is 2. The molecule has 0 amide bonds. The molecule has 4 heteroatoms. The van der Waals surface area contributed by atoms with Crippen LogP contribution in [0, 0.1) is 13.8 Å². The summed E-state index contributed by atoms with van der Waals surface area (Å²) in [6.45, 7) is 15.3. The van der Waals surface area contributed by atoms with E-state index in [1.54, 1.807) is 9.80 Å². The van der Waals surface area contributed by atoms with E-state index in [1.165, 1.54) is 56.8 Å². The number of hydrogen-bond acceptors (Lipinski definition) is 1. The van der Waals surface area contributed by atoms with Crippen molar-refractivity contribution in [3.63, 3.8) is 0 Å². The van der Waals surface area contributed by atoms with E-state index in [1.807, 2.05) is 0 Å². The van der Waals surface area contributed by atoms with Gasteiger partial charge in [-0.1, -0.05) is 6.07 Å². The zero-order valence-electron chi connectivity index (χ0n) is 14.3. The van der Waals surface area contributed by atoms with Gasteiger partial charge in [-0.05, 0) is 66.7 Å². The van der Waals surface area contributed by atoms with Crippen LogP contribution in [0.25, 0.3) is 0 Å². The van der Waals surface area contributed by atoms with Crippen molar-refractivity contribution in [2.45, 2.75) is 33.6 Å². The summed E-state index contributed by atoms with van der Waals surface area (Å²) in [4.78, 5) is 3.55. The molecule has 3 nitrogen and oxygen atoms in total. The molecule has 1 fully saturated rings. The van der Waals surface area contributed by atoms with Gasteiger partial charge in [0.2, 0.25) is 0 Å². The fourth-order valence-electron chi connectivity index (χ4n) is 3.30. The SMILES string of the molecule is CC[NH+]1CC[NH+](CCCCOc2c(C)cc(C)cc2Br)CC1. The number of ether oxygens (including phenoxy) is 1. The molecule has 1 aromatic rings. The number of likely N-dealkylation sites (N-methyl/N-ethyl adjacent to an activating group) is 1. The quantitative estimate of drug-likeness (QED) is 0.686. The average molecular weight is 371 g/mol. The molecule has 0 bridgehead atoms. The Labute approximate surface area is 143 Å². The van der Waals surface area contributed by atoms with Gasteiger partial charge >= 0.3 is 0 Å². The standard InChI is InChI=1S/C18H29BrN2O/c1-4-20-8-10-21(11-9-20)7-5-6-12-22-18-16(3)13-15(2)14-17(18)19/h13-14H,4-12H2,1-3H3/p+2. The normalized spacial score (nSPS) is 21.8. The van der Waals surface area contributed by atoms with E-state index < -0.39 is 0 Å². The van der Waals surface area contributed by atoms with Crippen molar-refractivity contribution in [2.24, 2.45) is 0 Å². The van der Waals surface area contributed by atoms with Crippen molar-refractivity contribution in [1.29, 1.82) is 0 Å². The van der Waals surface area contributed by atoms with Gasteiger partial charge in [0.05, 0.1) is 24.2 Å². The molecule has 22 heavy (non-hydrogen) atoms. The first-order valence-electron chi connectivity index (χ1n) is 8.66. The Morgan fingerprint density at radius 3 is 2.36 bits per heavy atom. The van der Waals surface area contributed by atoms with Gasteiger partial charge in [-0.3, -0.25) is 0 Å². The molecule has 0 spiro atoms. The van der Waals surface area contributed by atoms with E-state index in [9.17, 15) is 0 Å². The van der Waals surface area contributed by atoms with E-state index in [4.69, 9.17) is 4.74 Å². The number of piperazine rings is 1. The predicted molar refractivity (Wildman–Crippen MR) is 95.1 cm³/mol. The first-order valence-corrected chi connectivity index (χ1v) is 9.46. The average Bonchev–Trinajstić information content (AvgIpc) is 2.49. The molecule has 0 atom stereocenters. The highest BCUT2D eigenvalue weighted by molar-refractivity contribution is 9.10. The van der Waals surface area contributed by atoms with Crippen LogP contribution in [-0.2, 0) is 0 Å². The number of aryl methyl sites for hydroxylation is 2. The Hall–Kier alpha value is -0.580.